The van der Waals surface area contributed by atoms with Gasteiger partial charge in [-0.15, -0.1) is 0 Å². The molecule has 27 heavy (non-hydrogen) atoms. The van der Waals surface area contributed by atoms with Crippen molar-refractivity contribution in [3.05, 3.63) is 54.6 Å². The number of methoxy groups -OCH3 is 1. The third kappa shape index (κ3) is 7.28. The van der Waals surface area contributed by atoms with E-state index in [2.05, 4.69) is 5.32 Å². The summed E-state index contributed by atoms with van der Waals surface area (Å²) in [5.41, 5.74) is 0.650. The highest BCUT2D eigenvalue weighted by Gasteiger charge is 2.17. The van der Waals surface area contributed by atoms with E-state index >= 15 is 0 Å². The Bertz CT molecular complexity index is 823. The fraction of sp³-hybridized carbons (Fsp3) is 0.316. The zero-order chi connectivity index (χ0) is 19.7. The van der Waals surface area contributed by atoms with Gasteiger partial charge in [0.1, 0.15) is 11.5 Å². The molecule has 0 fully saturated rings. The fourth-order valence-corrected chi connectivity index (χ4v) is 3.30. The van der Waals surface area contributed by atoms with E-state index in [1.54, 1.807) is 66.6 Å². The largest absolute Gasteiger partial charge is 0.497 e. The van der Waals surface area contributed by atoms with Crippen molar-refractivity contribution in [3.8, 4) is 11.5 Å². The number of rotatable bonds is 10. The van der Waals surface area contributed by atoms with Crippen LogP contribution in [0.5, 0.6) is 11.5 Å². The highest BCUT2D eigenvalue weighted by atomic mass is 32.2. The number of carbonyl (C=O) groups excluding carboxylic acids is 1. The molecule has 2 aromatic carbocycles. The molecule has 1 amide bonds. The molecule has 8 heteroatoms. The molecule has 2 aromatic rings. The molecule has 0 radical (unpaired) electrons. The number of hydrogen-bond acceptors (Lipinski definition) is 6. The molecular formula is C19H24N2O5S. The van der Waals surface area contributed by atoms with E-state index in [4.69, 9.17) is 8.92 Å². The molecule has 0 atom stereocenters. The molecule has 0 saturated heterocycles. The predicted octanol–water partition coefficient (Wildman–Crippen LogP) is 2.36. The van der Waals surface area contributed by atoms with Gasteiger partial charge in [0.25, 0.3) is 0 Å². The lowest BCUT2D eigenvalue weighted by Crippen LogP contribution is -2.37. The number of hydrogen-bond donors (Lipinski definition) is 1. The van der Waals surface area contributed by atoms with Gasteiger partial charge in [-0.1, -0.05) is 25.1 Å². The average Bonchev–Trinajstić information content (AvgIpc) is 2.66. The summed E-state index contributed by atoms with van der Waals surface area (Å²) in [5.74, 6) is 0.555. The molecule has 0 aliphatic carbocycles. The molecule has 0 saturated carbocycles. The van der Waals surface area contributed by atoms with Gasteiger partial charge in [0.2, 0.25) is 5.91 Å². The molecule has 0 aromatic heterocycles. The number of amides is 1. The fourth-order valence-electron chi connectivity index (χ4n) is 2.33. The summed E-state index contributed by atoms with van der Waals surface area (Å²) in [7, 11) is -2.16. The number of para-hydroxylation sites is 1. The molecule has 2 rings (SSSR count). The molecule has 7 nitrogen and oxygen atoms in total. The first-order valence-corrected chi connectivity index (χ1v) is 10.1. The Morgan fingerprint density at radius 3 is 2.30 bits per heavy atom. The SMILES string of the molecule is CCN(CCS(=O)(=O)Oc1ccccc1)CC(=O)Nc1ccc(OC)cc1. The first-order valence-electron chi connectivity index (χ1n) is 8.55. The molecule has 0 spiro atoms. The maximum atomic E-state index is 12.2. The number of nitrogens with one attached hydrogen (secondary N) is 1. The van der Waals surface area contributed by atoms with E-state index < -0.39 is 10.1 Å². The van der Waals surface area contributed by atoms with Crippen molar-refractivity contribution in [2.75, 3.05) is 37.8 Å². The van der Waals surface area contributed by atoms with Crippen molar-refractivity contribution >= 4 is 21.7 Å². The first kappa shape index (κ1) is 20.7. The van der Waals surface area contributed by atoms with Crippen molar-refractivity contribution in [2.45, 2.75) is 6.92 Å². The lowest BCUT2D eigenvalue weighted by atomic mass is 10.3. The minimum Gasteiger partial charge on any atom is -0.497 e. The standard InChI is InChI=1S/C19H24N2O5S/c1-3-21(13-14-27(23,24)26-18-7-5-4-6-8-18)15-19(22)20-16-9-11-17(25-2)12-10-16/h4-12H,3,13-15H2,1-2H3,(H,20,22). The van der Waals surface area contributed by atoms with Crippen LogP contribution in [0.25, 0.3) is 0 Å². The maximum Gasteiger partial charge on any atom is 0.310 e. The second-order valence-corrected chi connectivity index (χ2v) is 7.49. The monoisotopic (exact) mass is 392 g/mol. The van der Waals surface area contributed by atoms with Crippen molar-refractivity contribution in [1.82, 2.24) is 4.90 Å². The van der Waals surface area contributed by atoms with Gasteiger partial charge in [0.15, 0.2) is 0 Å². The van der Waals surface area contributed by atoms with Gasteiger partial charge in [-0.2, -0.15) is 8.42 Å². The highest BCUT2D eigenvalue weighted by Crippen LogP contribution is 2.15. The van der Waals surface area contributed by atoms with Crippen molar-refractivity contribution < 1.29 is 22.1 Å². The van der Waals surface area contributed by atoms with Gasteiger partial charge >= 0.3 is 10.1 Å². The maximum absolute atomic E-state index is 12.2. The van der Waals surface area contributed by atoms with Crippen LogP contribution in [0.3, 0.4) is 0 Å². The minimum atomic E-state index is -3.73. The predicted molar refractivity (Wildman–Crippen MR) is 105 cm³/mol. The van der Waals surface area contributed by atoms with Crippen molar-refractivity contribution in [2.24, 2.45) is 0 Å². The van der Waals surface area contributed by atoms with Crippen LogP contribution in [-0.4, -0.2) is 51.7 Å². The van der Waals surface area contributed by atoms with Crippen LogP contribution in [0, 0.1) is 0 Å². The number of anilines is 1. The molecule has 0 aliphatic heterocycles. The topological polar surface area (TPSA) is 84.9 Å². The lowest BCUT2D eigenvalue weighted by Gasteiger charge is -2.19. The second kappa shape index (κ2) is 9.94. The smallest absolute Gasteiger partial charge is 0.310 e. The number of carbonyl (C=O) groups is 1. The molecular weight excluding hydrogens is 368 g/mol. The third-order valence-corrected chi connectivity index (χ3v) is 4.94. The summed E-state index contributed by atoms with van der Waals surface area (Å²) < 4.78 is 34.3. The van der Waals surface area contributed by atoms with Crippen LogP contribution in [0.2, 0.25) is 0 Å². The first-order chi connectivity index (χ1) is 12.9. The normalized spacial score (nSPS) is 11.2. The Balaban J connectivity index is 1.84. The van der Waals surface area contributed by atoms with Crippen molar-refractivity contribution in [1.29, 1.82) is 0 Å². The van der Waals surface area contributed by atoms with Crippen molar-refractivity contribution in [3.63, 3.8) is 0 Å². The van der Waals surface area contributed by atoms with Crippen LogP contribution in [0.15, 0.2) is 54.6 Å². The number of ether oxygens (including phenoxy) is 1. The summed E-state index contributed by atoms with van der Waals surface area (Å²) in [6, 6.07) is 15.3. The Morgan fingerprint density at radius 2 is 1.70 bits per heavy atom. The van der Waals surface area contributed by atoms with Crippen LogP contribution < -0.4 is 14.2 Å². The molecule has 0 heterocycles. The molecule has 0 aliphatic rings. The highest BCUT2D eigenvalue weighted by molar-refractivity contribution is 7.87. The van der Waals surface area contributed by atoms with Gasteiger partial charge in [0.05, 0.1) is 19.4 Å². The summed E-state index contributed by atoms with van der Waals surface area (Å²) in [5, 5.41) is 2.78. The molecule has 0 unspecified atom stereocenters. The summed E-state index contributed by atoms with van der Waals surface area (Å²) in [4.78, 5) is 13.9. The second-order valence-electron chi connectivity index (χ2n) is 5.80. The van der Waals surface area contributed by atoms with E-state index in [-0.39, 0.29) is 30.5 Å². The van der Waals surface area contributed by atoms with Gasteiger partial charge in [-0.05, 0) is 42.9 Å². The summed E-state index contributed by atoms with van der Waals surface area (Å²) >= 11 is 0. The Morgan fingerprint density at radius 1 is 1.04 bits per heavy atom. The van der Waals surface area contributed by atoms with Crippen LogP contribution >= 0.6 is 0 Å². The van der Waals surface area contributed by atoms with E-state index in [0.29, 0.717) is 18.0 Å². The number of benzene rings is 2. The third-order valence-electron chi connectivity index (χ3n) is 3.81. The molecule has 146 valence electrons. The van der Waals surface area contributed by atoms with Crippen LogP contribution in [0.4, 0.5) is 5.69 Å². The Kier molecular flexibility index (Phi) is 7.63. The van der Waals surface area contributed by atoms with E-state index in [0.717, 1.165) is 0 Å². The number of likely N-dealkylation sites (N-methyl/N-ethyl adjacent to an activating group) is 1. The number of nitrogens with zero attached hydrogens (tertiary/aromatic N) is 1. The van der Waals surface area contributed by atoms with E-state index in [1.807, 2.05) is 6.92 Å². The minimum absolute atomic E-state index is 0.0867. The van der Waals surface area contributed by atoms with E-state index in [9.17, 15) is 13.2 Å². The summed E-state index contributed by atoms with van der Waals surface area (Å²) in [6.45, 7) is 2.69. The summed E-state index contributed by atoms with van der Waals surface area (Å²) in [6.07, 6.45) is 0. The Labute approximate surface area is 160 Å². The van der Waals surface area contributed by atoms with Gasteiger partial charge < -0.3 is 14.2 Å². The van der Waals surface area contributed by atoms with Crippen LogP contribution in [0.1, 0.15) is 6.92 Å². The van der Waals surface area contributed by atoms with Gasteiger partial charge in [-0.3, -0.25) is 9.69 Å². The van der Waals surface area contributed by atoms with Gasteiger partial charge in [-0.25, -0.2) is 0 Å². The van der Waals surface area contributed by atoms with Gasteiger partial charge in [0, 0.05) is 12.2 Å². The van der Waals surface area contributed by atoms with Crippen LogP contribution in [-0.2, 0) is 14.9 Å². The zero-order valence-electron chi connectivity index (χ0n) is 15.4. The quantitative estimate of drug-likeness (QED) is 0.625. The molecule has 0 bridgehead atoms. The average molecular weight is 392 g/mol. The van der Waals surface area contributed by atoms with E-state index in [1.165, 1.54) is 0 Å². The lowest BCUT2D eigenvalue weighted by molar-refractivity contribution is -0.117. The zero-order valence-corrected chi connectivity index (χ0v) is 16.2. The molecule has 1 N–H and O–H groups in total. The Hall–Kier alpha value is -2.58.